The predicted molar refractivity (Wildman–Crippen MR) is 88.3 cm³/mol. The maximum atomic E-state index is 12.7. The van der Waals surface area contributed by atoms with Crippen molar-refractivity contribution in [1.82, 2.24) is 4.90 Å². The van der Waals surface area contributed by atoms with Gasteiger partial charge in [-0.1, -0.05) is 30.3 Å². The molecule has 112 valence electrons. The summed E-state index contributed by atoms with van der Waals surface area (Å²) < 4.78 is 0. The molecule has 1 fully saturated rings. The molecule has 22 heavy (non-hydrogen) atoms. The van der Waals surface area contributed by atoms with Gasteiger partial charge in [0, 0.05) is 36.8 Å². The molecule has 0 spiro atoms. The van der Waals surface area contributed by atoms with E-state index in [9.17, 15) is 4.79 Å². The Balaban J connectivity index is 1.50. The smallest absolute Gasteiger partial charge is 0.253 e. The summed E-state index contributed by atoms with van der Waals surface area (Å²) >= 11 is 0. The third-order valence-electron chi connectivity index (χ3n) is 4.81. The first-order chi connectivity index (χ1) is 10.8. The first-order valence-electron chi connectivity index (χ1n) is 8.02. The lowest BCUT2D eigenvalue weighted by molar-refractivity contribution is 0.0790. The second-order valence-corrected chi connectivity index (χ2v) is 6.20. The van der Waals surface area contributed by atoms with E-state index in [4.69, 9.17) is 0 Å². The molecule has 0 aliphatic carbocycles. The number of carbonyl (C=O) groups is 1. The minimum Gasteiger partial charge on any atom is -0.384 e. The van der Waals surface area contributed by atoms with Gasteiger partial charge in [0.2, 0.25) is 0 Å². The number of hydrogen-bond donors (Lipinski definition) is 1. The molecule has 1 N–H and O–H groups in total. The van der Waals surface area contributed by atoms with Crippen LogP contribution >= 0.6 is 0 Å². The Hall–Kier alpha value is -2.29. The number of nitrogens with zero attached hydrogens (tertiary/aromatic N) is 1. The maximum absolute atomic E-state index is 12.7. The van der Waals surface area contributed by atoms with Gasteiger partial charge in [-0.05, 0) is 42.2 Å². The minimum atomic E-state index is 0.174. The van der Waals surface area contributed by atoms with E-state index >= 15 is 0 Å². The summed E-state index contributed by atoms with van der Waals surface area (Å²) in [6, 6.07) is 16.6. The van der Waals surface area contributed by atoms with Crippen LogP contribution in [0.4, 0.5) is 5.69 Å². The summed E-state index contributed by atoms with van der Waals surface area (Å²) in [5.74, 6) is 0.648. The van der Waals surface area contributed by atoms with Crippen LogP contribution in [0.5, 0.6) is 0 Å². The van der Waals surface area contributed by atoms with E-state index in [2.05, 4.69) is 35.6 Å². The lowest BCUT2D eigenvalue weighted by Gasteiger charge is -2.17. The highest BCUT2D eigenvalue weighted by Gasteiger charge is 2.28. The lowest BCUT2D eigenvalue weighted by Crippen LogP contribution is -2.28. The van der Waals surface area contributed by atoms with E-state index in [1.165, 1.54) is 16.8 Å². The first kappa shape index (κ1) is 13.4. The molecule has 1 saturated heterocycles. The highest BCUT2D eigenvalue weighted by atomic mass is 16.2. The van der Waals surface area contributed by atoms with Crippen molar-refractivity contribution in [3.63, 3.8) is 0 Å². The maximum Gasteiger partial charge on any atom is 0.253 e. The fourth-order valence-electron chi connectivity index (χ4n) is 3.56. The van der Waals surface area contributed by atoms with Crippen molar-refractivity contribution < 1.29 is 4.79 Å². The van der Waals surface area contributed by atoms with Crippen LogP contribution in [0.25, 0.3) is 0 Å². The molecule has 0 radical (unpaired) electrons. The monoisotopic (exact) mass is 292 g/mol. The van der Waals surface area contributed by atoms with Gasteiger partial charge in [0.05, 0.1) is 0 Å². The molecule has 0 aromatic heterocycles. The molecule has 3 heteroatoms. The number of amides is 1. The number of rotatable bonds is 2. The van der Waals surface area contributed by atoms with Gasteiger partial charge in [-0.3, -0.25) is 4.79 Å². The van der Waals surface area contributed by atoms with E-state index in [1.807, 2.05) is 23.1 Å². The summed E-state index contributed by atoms with van der Waals surface area (Å²) in [4.78, 5) is 14.7. The number of nitrogens with one attached hydrogen (secondary N) is 1. The molecule has 3 nitrogen and oxygen atoms in total. The van der Waals surface area contributed by atoms with Crippen molar-refractivity contribution in [1.29, 1.82) is 0 Å². The molecule has 1 atom stereocenters. The quantitative estimate of drug-likeness (QED) is 0.921. The average Bonchev–Trinajstić information content (AvgIpc) is 3.23. The number of benzene rings is 2. The summed E-state index contributed by atoms with van der Waals surface area (Å²) in [7, 11) is 0. The van der Waals surface area contributed by atoms with E-state index < -0.39 is 0 Å². The molecule has 2 aromatic carbocycles. The summed E-state index contributed by atoms with van der Waals surface area (Å²) in [5, 5.41) is 3.34. The number of anilines is 1. The Labute approximate surface area is 131 Å². The van der Waals surface area contributed by atoms with Gasteiger partial charge in [0.15, 0.2) is 0 Å². The van der Waals surface area contributed by atoms with Gasteiger partial charge in [0.1, 0.15) is 0 Å². The minimum absolute atomic E-state index is 0.174. The molecule has 2 aliphatic heterocycles. The summed E-state index contributed by atoms with van der Waals surface area (Å²) in [6.45, 7) is 2.67. The number of carbonyl (C=O) groups excluding carboxylic acids is 1. The Kier molecular flexibility index (Phi) is 3.34. The fraction of sp³-hybridized carbons (Fsp3) is 0.316. The van der Waals surface area contributed by atoms with Crippen molar-refractivity contribution in [3.05, 3.63) is 65.2 Å². The van der Waals surface area contributed by atoms with E-state index in [-0.39, 0.29) is 5.91 Å². The first-order valence-corrected chi connectivity index (χ1v) is 8.02. The van der Waals surface area contributed by atoms with Crippen LogP contribution in [-0.2, 0) is 6.42 Å². The van der Waals surface area contributed by atoms with Crippen LogP contribution in [0.2, 0.25) is 0 Å². The van der Waals surface area contributed by atoms with E-state index in [1.54, 1.807) is 0 Å². The zero-order valence-corrected chi connectivity index (χ0v) is 12.6. The second kappa shape index (κ2) is 5.48. The van der Waals surface area contributed by atoms with Crippen LogP contribution in [0.15, 0.2) is 48.5 Å². The molecule has 0 saturated carbocycles. The highest BCUT2D eigenvalue weighted by Crippen LogP contribution is 2.29. The van der Waals surface area contributed by atoms with Gasteiger partial charge in [0.25, 0.3) is 5.91 Å². The average molecular weight is 292 g/mol. The third-order valence-corrected chi connectivity index (χ3v) is 4.81. The highest BCUT2D eigenvalue weighted by molar-refractivity contribution is 5.95. The van der Waals surface area contributed by atoms with E-state index in [0.717, 1.165) is 38.0 Å². The standard InChI is InChI=1S/C19H20N2O/c22-19(16-6-7-18-15(12-16)8-10-20-18)21-11-9-17(13-21)14-4-2-1-3-5-14/h1-7,12,17,20H,8-11,13H2. The van der Waals surface area contributed by atoms with Crippen LogP contribution in [-0.4, -0.2) is 30.4 Å². The SMILES string of the molecule is O=C(c1ccc2c(c1)CCN2)N1CCC(c2ccccc2)C1. The Morgan fingerprint density at radius 3 is 2.86 bits per heavy atom. The molecular weight excluding hydrogens is 272 g/mol. The molecular formula is C19H20N2O. The van der Waals surface area contributed by atoms with Crippen molar-refractivity contribution in [2.45, 2.75) is 18.8 Å². The fourth-order valence-corrected chi connectivity index (χ4v) is 3.56. The Morgan fingerprint density at radius 1 is 1.14 bits per heavy atom. The molecule has 1 amide bonds. The number of hydrogen-bond acceptors (Lipinski definition) is 2. The van der Waals surface area contributed by atoms with Crippen LogP contribution in [0.1, 0.15) is 33.8 Å². The van der Waals surface area contributed by atoms with Gasteiger partial charge >= 0.3 is 0 Å². The Bertz CT molecular complexity index is 696. The summed E-state index contributed by atoms with van der Waals surface area (Å²) in [6.07, 6.45) is 2.07. The third kappa shape index (κ3) is 2.37. The van der Waals surface area contributed by atoms with Gasteiger partial charge in [-0.2, -0.15) is 0 Å². The van der Waals surface area contributed by atoms with Crippen molar-refractivity contribution in [3.8, 4) is 0 Å². The topological polar surface area (TPSA) is 32.3 Å². The second-order valence-electron chi connectivity index (χ2n) is 6.20. The van der Waals surface area contributed by atoms with E-state index in [0.29, 0.717) is 5.92 Å². The molecule has 2 aromatic rings. The molecule has 2 heterocycles. The van der Waals surface area contributed by atoms with Crippen molar-refractivity contribution in [2.75, 3.05) is 25.0 Å². The van der Waals surface area contributed by atoms with Gasteiger partial charge in [-0.15, -0.1) is 0 Å². The zero-order valence-electron chi connectivity index (χ0n) is 12.6. The zero-order chi connectivity index (χ0) is 14.9. The van der Waals surface area contributed by atoms with Crippen molar-refractivity contribution >= 4 is 11.6 Å². The van der Waals surface area contributed by atoms with Crippen molar-refractivity contribution in [2.24, 2.45) is 0 Å². The normalized spacial score (nSPS) is 19.8. The Morgan fingerprint density at radius 2 is 2.00 bits per heavy atom. The number of fused-ring (bicyclic) bond motifs is 1. The van der Waals surface area contributed by atoms with Gasteiger partial charge < -0.3 is 10.2 Å². The predicted octanol–water partition coefficient (Wildman–Crippen LogP) is 3.28. The van der Waals surface area contributed by atoms with Crippen LogP contribution < -0.4 is 5.32 Å². The number of likely N-dealkylation sites (tertiary alicyclic amines) is 1. The largest absolute Gasteiger partial charge is 0.384 e. The lowest BCUT2D eigenvalue weighted by atomic mass is 9.99. The van der Waals surface area contributed by atoms with Crippen LogP contribution in [0.3, 0.4) is 0 Å². The summed E-state index contributed by atoms with van der Waals surface area (Å²) in [5.41, 5.74) is 4.62. The molecule has 4 rings (SSSR count). The molecule has 0 bridgehead atoms. The molecule has 2 aliphatic rings. The van der Waals surface area contributed by atoms with Gasteiger partial charge in [-0.25, -0.2) is 0 Å². The molecule has 1 unspecified atom stereocenters. The van der Waals surface area contributed by atoms with Crippen LogP contribution in [0, 0.1) is 0 Å².